The third-order valence-corrected chi connectivity index (χ3v) is 4.65. The number of aryl methyl sites for hydroxylation is 1. The third kappa shape index (κ3) is 2.94. The van der Waals surface area contributed by atoms with E-state index in [1.807, 2.05) is 18.3 Å². The van der Waals surface area contributed by atoms with E-state index >= 15 is 0 Å². The molecule has 1 aliphatic heterocycles. The summed E-state index contributed by atoms with van der Waals surface area (Å²) in [5.74, 6) is 1.23. The Morgan fingerprint density at radius 1 is 1.21 bits per heavy atom. The first-order valence-corrected chi connectivity index (χ1v) is 8.41. The summed E-state index contributed by atoms with van der Waals surface area (Å²) in [7, 11) is 0. The van der Waals surface area contributed by atoms with Gasteiger partial charge in [-0.05, 0) is 47.9 Å². The van der Waals surface area contributed by atoms with Gasteiger partial charge in [0.25, 0.3) is 0 Å². The SMILES string of the molecule is CC(NCc1cnc2n1CCCC2)c1ccc(-n2cnnn2)cc1. The van der Waals surface area contributed by atoms with Crippen molar-refractivity contribution in [3.8, 4) is 5.69 Å². The van der Waals surface area contributed by atoms with E-state index in [0.717, 1.165) is 25.2 Å². The van der Waals surface area contributed by atoms with Crippen LogP contribution in [0.4, 0.5) is 0 Å². The van der Waals surface area contributed by atoms with Crippen molar-refractivity contribution >= 4 is 0 Å². The van der Waals surface area contributed by atoms with Crippen molar-refractivity contribution in [1.29, 1.82) is 0 Å². The lowest BCUT2D eigenvalue weighted by atomic mass is 10.1. The molecule has 7 nitrogen and oxygen atoms in total. The quantitative estimate of drug-likeness (QED) is 0.778. The van der Waals surface area contributed by atoms with Gasteiger partial charge in [-0.1, -0.05) is 12.1 Å². The number of benzene rings is 1. The molecule has 0 fully saturated rings. The zero-order chi connectivity index (χ0) is 16.4. The van der Waals surface area contributed by atoms with E-state index in [4.69, 9.17) is 0 Å². The molecule has 1 atom stereocenters. The molecule has 7 heteroatoms. The molecule has 3 heterocycles. The molecule has 1 aliphatic rings. The fourth-order valence-corrected chi connectivity index (χ4v) is 3.19. The molecule has 1 N–H and O–H groups in total. The number of hydrogen-bond donors (Lipinski definition) is 1. The van der Waals surface area contributed by atoms with Gasteiger partial charge in [-0.25, -0.2) is 9.67 Å². The van der Waals surface area contributed by atoms with Crippen LogP contribution >= 0.6 is 0 Å². The van der Waals surface area contributed by atoms with E-state index < -0.39 is 0 Å². The van der Waals surface area contributed by atoms with Crippen molar-refractivity contribution in [3.63, 3.8) is 0 Å². The second-order valence-electron chi connectivity index (χ2n) is 6.22. The van der Waals surface area contributed by atoms with Gasteiger partial charge in [-0.3, -0.25) is 0 Å². The minimum atomic E-state index is 0.266. The highest BCUT2D eigenvalue weighted by Crippen LogP contribution is 2.18. The van der Waals surface area contributed by atoms with Crippen molar-refractivity contribution in [2.75, 3.05) is 0 Å². The lowest BCUT2D eigenvalue weighted by Gasteiger charge is -2.19. The Labute approximate surface area is 140 Å². The van der Waals surface area contributed by atoms with E-state index in [1.165, 1.54) is 29.9 Å². The molecule has 1 unspecified atom stereocenters. The average Bonchev–Trinajstić information content (AvgIpc) is 3.30. The fraction of sp³-hybridized carbons (Fsp3) is 0.412. The first kappa shape index (κ1) is 15.0. The molecule has 0 radical (unpaired) electrons. The topological polar surface area (TPSA) is 73.5 Å². The van der Waals surface area contributed by atoms with Gasteiger partial charge in [0.05, 0.1) is 11.4 Å². The summed E-state index contributed by atoms with van der Waals surface area (Å²) in [5.41, 5.74) is 3.48. The number of hydrogen-bond acceptors (Lipinski definition) is 5. The molecule has 0 bridgehead atoms. The highest BCUT2D eigenvalue weighted by molar-refractivity contribution is 5.34. The number of nitrogens with zero attached hydrogens (tertiary/aromatic N) is 6. The van der Waals surface area contributed by atoms with Gasteiger partial charge in [-0.2, -0.15) is 0 Å². The van der Waals surface area contributed by atoms with E-state index in [1.54, 1.807) is 11.0 Å². The summed E-state index contributed by atoms with van der Waals surface area (Å²) in [6, 6.07) is 8.55. The van der Waals surface area contributed by atoms with Crippen LogP contribution < -0.4 is 5.32 Å². The molecule has 0 amide bonds. The molecular formula is C17H21N7. The average molecular weight is 323 g/mol. The van der Waals surface area contributed by atoms with E-state index in [9.17, 15) is 0 Å². The number of tetrazole rings is 1. The predicted octanol–water partition coefficient (Wildman–Crippen LogP) is 2.05. The van der Waals surface area contributed by atoms with Crippen LogP contribution in [-0.4, -0.2) is 29.8 Å². The predicted molar refractivity (Wildman–Crippen MR) is 89.6 cm³/mol. The maximum absolute atomic E-state index is 4.55. The zero-order valence-electron chi connectivity index (χ0n) is 13.8. The fourth-order valence-electron chi connectivity index (χ4n) is 3.19. The Hall–Kier alpha value is -2.54. The van der Waals surface area contributed by atoms with Crippen molar-refractivity contribution in [2.24, 2.45) is 0 Å². The Bertz CT molecular complexity index is 789. The molecule has 0 aliphatic carbocycles. The first-order chi connectivity index (χ1) is 11.8. The van der Waals surface area contributed by atoms with Crippen LogP contribution in [0.1, 0.15) is 42.9 Å². The molecule has 3 aromatic rings. The van der Waals surface area contributed by atoms with Crippen molar-refractivity contribution in [1.82, 2.24) is 35.1 Å². The highest BCUT2D eigenvalue weighted by atomic mass is 15.5. The van der Waals surface area contributed by atoms with E-state index in [2.05, 4.69) is 49.4 Å². The summed E-state index contributed by atoms with van der Waals surface area (Å²) >= 11 is 0. The van der Waals surface area contributed by atoms with Crippen molar-refractivity contribution in [3.05, 3.63) is 53.9 Å². The Balaban J connectivity index is 1.41. The molecule has 4 rings (SSSR count). The van der Waals surface area contributed by atoms with Crippen LogP contribution in [0.15, 0.2) is 36.8 Å². The second kappa shape index (κ2) is 6.52. The first-order valence-electron chi connectivity index (χ1n) is 8.41. The van der Waals surface area contributed by atoms with Gasteiger partial charge in [-0.15, -0.1) is 5.10 Å². The minimum Gasteiger partial charge on any atom is -0.331 e. The molecule has 0 saturated carbocycles. The standard InChI is InChI=1S/C17H21N7/c1-13(14-5-7-15(8-6-14)24-12-20-21-22-24)18-10-16-11-19-17-4-2-3-9-23(16)17/h5-8,11-13,18H,2-4,9-10H2,1H3. The summed E-state index contributed by atoms with van der Waals surface area (Å²) < 4.78 is 4.02. The number of aromatic nitrogens is 6. The zero-order valence-corrected chi connectivity index (χ0v) is 13.8. The van der Waals surface area contributed by atoms with Gasteiger partial charge < -0.3 is 9.88 Å². The summed E-state index contributed by atoms with van der Waals surface area (Å²) in [6.07, 6.45) is 7.23. The maximum Gasteiger partial charge on any atom is 0.143 e. The molecule has 24 heavy (non-hydrogen) atoms. The van der Waals surface area contributed by atoms with Crippen molar-refractivity contribution < 1.29 is 0 Å². The Kier molecular flexibility index (Phi) is 4.08. The van der Waals surface area contributed by atoms with Gasteiger partial charge in [0.1, 0.15) is 12.2 Å². The number of nitrogens with one attached hydrogen (secondary N) is 1. The molecular weight excluding hydrogens is 302 g/mol. The lowest BCUT2D eigenvalue weighted by molar-refractivity contribution is 0.487. The monoisotopic (exact) mass is 323 g/mol. The summed E-state index contributed by atoms with van der Waals surface area (Å²) in [4.78, 5) is 4.55. The highest BCUT2D eigenvalue weighted by Gasteiger charge is 2.14. The van der Waals surface area contributed by atoms with Crippen LogP contribution in [0.2, 0.25) is 0 Å². The molecule has 124 valence electrons. The number of imidazole rings is 1. The smallest absolute Gasteiger partial charge is 0.143 e. The van der Waals surface area contributed by atoms with Gasteiger partial charge in [0.2, 0.25) is 0 Å². The van der Waals surface area contributed by atoms with Crippen LogP contribution in [0.25, 0.3) is 5.69 Å². The summed E-state index contributed by atoms with van der Waals surface area (Å²) in [6.45, 7) is 4.11. The summed E-state index contributed by atoms with van der Waals surface area (Å²) in [5, 5.41) is 14.8. The van der Waals surface area contributed by atoms with Crippen LogP contribution in [-0.2, 0) is 19.5 Å². The van der Waals surface area contributed by atoms with E-state index in [0.29, 0.717) is 0 Å². The molecule has 0 saturated heterocycles. The largest absolute Gasteiger partial charge is 0.331 e. The lowest BCUT2D eigenvalue weighted by Crippen LogP contribution is -2.21. The van der Waals surface area contributed by atoms with E-state index in [-0.39, 0.29) is 6.04 Å². The van der Waals surface area contributed by atoms with Crippen LogP contribution in [0, 0.1) is 0 Å². The molecule has 1 aromatic carbocycles. The normalized spacial score (nSPS) is 15.2. The van der Waals surface area contributed by atoms with Gasteiger partial charge >= 0.3 is 0 Å². The van der Waals surface area contributed by atoms with Gasteiger partial charge in [0.15, 0.2) is 0 Å². The molecule has 2 aromatic heterocycles. The van der Waals surface area contributed by atoms with Crippen LogP contribution in [0.5, 0.6) is 0 Å². The van der Waals surface area contributed by atoms with Crippen molar-refractivity contribution in [2.45, 2.75) is 45.3 Å². The molecule has 0 spiro atoms. The number of rotatable bonds is 5. The minimum absolute atomic E-state index is 0.266. The maximum atomic E-state index is 4.55. The van der Waals surface area contributed by atoms with Gasteiger partial charge in [0, 0.05) is 31.7 Å². The van der Waals surface area contributed by atoms with Crippen LogP contribution in [0.3, 0.4) is 0 Å². The second-order valence-corrected chi connectivity index (χ2v) is 6.22. The third-order valence-electron chi connectivity index (χ3n) is 4.65. The Morgan fingerprint density at radius 3 is 2.88 bits per heavy atom. The number of fused-ring (bicyclic) bond motifs is 1. The Morgan fingerprint density at radius 2 is 2.08 bits per heavy atom.